The lowest BCUT2D eigenvalue weighted by Crippen LogP contribution is -2.33. The highest BCUT2D eigenvalue weighted by Gasteiger charge is 2.16. The lowest BCUT2D eigenvalue weighted by molar-refractivity contribution is 0.365. The van der Waals surface area contributed by atoms with E-state index in [1.165, 1.54) is 5.56 Å². The highest BCUT2D eigenvalue weighted by atomic mass is 15.3. The molecule has 0 saturated heterocycles. The van der Waals surface area contributed by atoms with Crippen LogP contribution in [-0.2, 0) is 13.6 Å². The van der Waals surface area contributed by atoms with Crippen LogP contribution < -0.4 is 5.32 Å². The Bertz CT molecular complexity index is 732. The van der Waals surface area contributed by atoms with Crippen molar-refractivity contribution in [1.82, 2.24) is 29.9 Å². The molecule has 0 radical (unpaired) electrons. The number of pyridine rings is 1. The average molecular weight is 310 g/mol. The number of nitrogens with zero attached hydrogens (tertiary/aromatic N) is 5. The minimum Gasteiger partial charge on any atom is -0.308 e. The maximum absolute atomic E-state index is 4.58. The number of hydrogen-bond acceptors (Lipinski definition) is 4. The van der Waals surface area contributed by atoms with Gasteiger partial charge in [-0.3, -0.25) is 14.3 Å². The van der Waals surface area contributed by atoms with Gasteiger partial charge in [0, 0.05) is 61.7 Å². The van der Waals surface area contributed by atoms with Crippen LogP contribution in [0, 0.1) is 0 Å². The fourth-order valence-electron chi connectivity index (χ4n) is 2.61. The SMILES string of the molecule is C[C@H](NCc1cn(C)nc1-c1ccncc1)[C@@H](C)n1cccn1. The number of aromatic nitrogens is 5. The molecule has 3 aromatic rings. The van der Waals surface area contributed by atoms with Crippen molar-refractivity contribution in [2.24, 2.45) is 7.05 Å². The van der Waals surface area contributed by atoms with Gasteiger partial charge in [0.15, 0.2) is 0 Å². The first kappa shape index (κ1) is 15.4. The lowest BCUT2D eigenvalue weighted by atomic mass is 10.1. The van der Waals surface area contributed by atoms with E-state index in [1.807, 2.05) is 47.0 Å². The first-order chi connectivity index (χ1) is 11.1. The predicted molar refractivity (Wildman–Crippen MR) is 89.7 cm³/mol. The molecule has 6 nitrogen and oxygen atoms in total. The summed E-state index contributed by atoms with van der Waals surface area (Å²) in [5.41, 5.74) is 3.27. The van der Waals surface area contributed by atoms with Crippen molar-refractivity contribution in [3.8, 4) is 11.3 Å². The van der Waals surface area contributed by atoms with Crippen molar-refractivity contribution < 1.29 is 0 Å². The van der Waals surface area contributed by atoms with Gasteiger partial charge >= 0.3 is 0 Å². The topological polar surface area (TPSA) is 60.6 Å². The third-order valence-electron chi connectivity index (χ3n) is 4.14. The largest absolute Gasteiger partial charge is 0.308 e. The number of rotatable bonds is 6. The summed E-state index contributed by atoms with van der Waals surface area (Å²) >= 11 is 0. The summed E-state index contributed by atoms with van der Waals surface area (Å²) < 4.78 is 3.83. The van der Waals surface area contributed by atoms with E-state index in [-0.39, 0.29) is 6.04 Å². The molecule has 0 spiro atoms. The predicted octanol–water partition coefficient (Wildman–Crippen LogP) is 2.42. The Kier molecular flexibility index (Phi) is 4.52. The van der Waals surface area contributed by atoms with E-state index in [1.54, 1.807) is 12.4 Å². The molecule has 120 valence electrons. The number of hydrogen-bond donors (Lipinski definition) is 1. The quantitative estimate of drug-likeness (QED) is 0.759. The Morgan fingerprint density at radius 3 is 2.65 bits per heavy atom. The van der Waals surface area contributed by atoms with E-state index in [2.05, 4.69) is 40.5 Å². The van der Waals surface area contributed by atoms with Crippen LogP contribution in [0.25, 0.3) is 11.3 Å². The first-order valence-corrected chi connectivity index (χ1v) is 7.80. The molecule has 1 N–H and O–H groups in total. The van der Waals surface area contributed by atoms with Crippen LogP contribution in [0.2, 0.25) is 0 Å². The molecule has 0 aromatic carbocycles. The minimum atomic E-state index is 0.283. The molecular weight excluding hydrogens is 288 g/mol. The fourth-order valence-corrected chi connectivity index (χ4v) is 2.61. The second kappa shape index (κ2) is 6.75. The third-order valence-corrected chi connectivity index (χ3v) is 4.14. The van der Waals surface area contributed by atoms with Gasteiger partial charge in [0.05, 0.1) is 11.7 Å². The van der Waals surface area contributed by atoms with E-state index < -0.39 is 0 Å². The van der Waals surface area contributed by atoms with E-state index in [0.717, 1.165) is 17.8 Å². The molecule has 0 aliphatic carbocycles. The lowest BCUT2D eigenvalue weighted by Gasteiger charge is -2.21. The van der Waals surface area contributed by atoms with Gasteiger partial charge in [-0.15, -0.1) is 0 Å². The molecule has 0 aliphatic heterocycles. The average Bonchev–Trinajstić information content (AvgIpc) is 3.22. The molecular formula is C17H22N6. The van der Waals surface area contributed by atoms with Crippen molar-refractivity contribution in [2.45, 2.75) is 32.5 Å². The van der Waals surface area contributed by atoms with Gasteiger partial charge in [0.1, 0.15) is 0 Å². The van der Waals surface area contributed by atoms with E-state index in [4.69, 9.17) is 0 Å². The summed E-state index contributed by atoms with van der Waals surface area (Å²) in [4.78, 5) is 4.07. The molecule has 3 aromatic heterocycles. The number of aryl methyl sites for hydroxylation is 1. The maximum atomic E-state index is 4.58. The molecule has 0 fully saturated rings. The summed E-state index contributed by atoms with van der Waals surface area (Å²) in [6, 6.07) is 6.50. The molecule has 3 heterocycles. The van der Waals surface area contributed by atoms with Gasteiger partial charge in [-0.1, -0.05) is 0 Å². The molecule has 0 aliphatic rings. The zero-order chi connectivity index (χ0) is 16.2. The van der Waals surface area contributed by atoms with Crippen molar-refractivity contribution in [2.75, 3.05) is 0 Å². The van der Waals surface area contributed by atoms with Gasteiger partial charge in [-0.2, -0.15) is 10.2 Å². The van der Waals surface area contributed by atoms with Crippen molar-refractivity contribution in [3.63, 3.8) is 0 Å². The second-order valence-corrected chi connectivity index (χ2v) is 5.81. The smallest absolute Gasteiger partial charge is 0.0969 e. The van der Waals surface area contributed by atoms with Crippen molar-refractivity contribution >= 4 is 0 Å². The van der Waals surface area contributed by atoms with E-state index in [9.17, 15) is 0 Å². The standard InChI is InChI=1S/C17H22N6/c1-13(14(2)23-10-4-7-20-23)19-11-16-12-22(3)21-17(16)15-5-8-18-9-6-15/h4-10,12-14,19H,11H2,1-3H3/t13-,14+/m0/s1. The highest BCUT2D eigenvalue weighted by molar-refractivity contribution is 5.61. The minimum absolute atomic E-state index is 0.283. The summed E-state index contributed by atoms with van der Waals surface area (Å²) in [7, 11) is 1.95. The normalized spacial score (nSPS) is 13.9. The van der Waals surface area contributed by atoms with Gasteiger partial charge in [-0.25, -0.2) is 0 Å². The van der Waals surface area contributed by atoms with Crippen LogP contribution in [-0.4, -0.2) is 30.6 Å². The molecule has 2 atom stereocenters. The zero-order valence-electron chi connectivity index (χ0n) is 13.7. The Balaban J connectivity index is 1.71. The molecule has 3 rings (SSSR count). The molecule has 0 saturated carbocycles. The van der Waals surface area contributed by atoms with Crippen LogP contribution in [0.1, 0.15) is 25.5 Å². The van der Waals surface area contributed by atoms with Crippen molar-refractivity contribution in [3.05, 3.63) is 54.7 Å². The van der Waals surface area contributed by atoms with Crippen LogP contribution in [0.3, 0.4) is 0 Å². The Morgan fingerprint density at radius 1 is 1.17 bits per heavy atom. The fraction of sp³-hybridized carbons (Fsp3) is 0.353. The van der Waals surface area contributed by atoms with E-state index >= 15 is 0 Å². The molecule has 0 unspecified atom stereocenters. The summed E-state index contributed by atoms with van der Waals surface area (Å²) in [5, 5.41) is 12.5. The molecule has 0 bridgehead atoms. The molecule has 23 heavy (non-hydrogen) atoms. The van der Waals surface area contributed by atoms with Crippen molar-refractivity contribution in [1.29, 1.82) is 0 Å². The van der Waals surface area contributed by atoms with Crippen LogP contribution in [0.5, 0.6) is 0 Å². The van der Waals surface area contributed by atoms with Crippen LogP contribution in [0.4, 0.5) is 0 Å². The molecule has 0 amide bonds. The maximum Gasteiger partial charge on any atom is 0.0969 e. The Labute approximate surface area is 136 Å². The van der Waals surface area contributed by atoms with Gasteiger partial charge < -0.3 is 5.32 Å². The van der Waals surface area contributed by atoms with E-state index in [0.29, 0.717) is 6.04 Å². The zero-order valence-corrected chi connectivity index (χ0v) is 13.7. The Hall–Kier alpha value is -2.47. The van der Waals surface area contributed by atoms with Crippen LogP contribution >= 0.6 is 0 Å². The van der Waals surface area contributed by atoms with Gasteiger partial charge in [0.25, 0.3) is 0 Å². The third kappa shape index (κ3) is 3.48. The number of nitrogens with one attached hydrogen (secondary N) is 1. The van der Waals surface area contributed by atoms with Gasteiger partial charge in [-0.05, 0) is 32.0 Å². The Morgan fingerprint density at radius 2 is 1.96 bits per heavy atom. The summed E-state index contributed by atoms with van der Waals surface area (Å²) in [6.07, 6.45) is 9.46. The summed E-state index contributed by atoms with van der Waals surface area (Å²) in [5.74, 6) is 0. The highest BCUT2D eigenvalue weighted by Crippen LogP contribution is 2.21. The van der Waals surface area contributed by atoms with Gasteiger partial charge in [0.2, 0.25) is 0 Å². The monoisotopic (exact) mass is 310 g/mol. The second-order valence-electron chi connectivity index (χ2n) is 5.81. The molecule has 6 heteroatoms. The van der Waals surface area contributed by atoms with Crippen LogP contribution in [0.15, 0.2) is 49.2 Å². The first-order valence-electron chi connectivity index (χ1n) is 7.80. The summed E-state index contributed by atoms with van der Waals surface area (Å²) in [6.45, 7) is 5.10.